The van der Waals surface area contributed by atoms with Crippen molar-refractivity contribution in [2.45, 2.75) is 13.5 Å². The van der Waals surface area contributed by atoms with Crippen LogP contribution in [0, 0.1) is 6.92 Å². The quantitative estimate of drug-likeness (QED) is 0.780. The average Bonchev–Trinajstić information content (AvgIpc) is 2.92. The van der Waals surface area contributed by atoms with Gasteiger partial charge in [0.2, 0.25) is 0 Å². The predicted molar refractivity (Wildman–Crippen MR) is 87.6 cm³/mol. The first-order valence-corrected chi connectivity index (χ1v) is 7.46. The van der Waals surface area contributed by atoms with Gasteiger partial charge in [0, 0.05) is 23.4 Å². The number of nitrogens with one attached hydrogen (secondary N) is 1. The lowest BCUT2D eigenvalue weighted by Gasteiger charge is -2.08. The van der Waals surface area contributed by atoms with Crippen LogP contribution in [-0.4, -0.2) is 14.5 Å². The molecule has 0 saturated heterocycles. The van der Waals surface area contributed by atoms with Crippen LogP contribution >= 0.6 is 15.9 Å². The summed E-state index contributed by atoms with van der Waals surface area (Å²) in [5.74, 6) is 1.80. The summed E-state index contributed by atoms with van der Waals surface area (Å²) in [5.41, 5.74) is 2.22. The molecule has 3 rings (SSSR count). The van der Waals surface area contributed by atoms with Crippen LogP contribution in [0.4, 0.5) is 5.69 Å². The molecule has 4 nitrogen and oxygen atoms in total. The first kappa shape index (κ1) is 13.8. The van der Waals surface area contributed by atoms with E-state index in [0.29, 0.717) is 0 Å². The summed E-state index contributed by atoms with van der Waals surface area (Å²) in [7, 11) is 0. The van der Waals surface area contributed by atoms with Crippen molar-refractivity contribution >= 4 is 21.6 Å². The van der Waals surface area contributed by atoms with E-state index in [0.717, 1.165) is 28.3 Å². The van der Waals surface area contributed by atoms with E-state index in [1.54, 1.807) is 6.20 Å². The van der Waals surface area contributed by atoms with Gasteiger partial charge in [-0.3, -0.25) is 4.57 Å². The number of aromatic nitrogens is 3. The fourth-order valence-electron chi connectivity index (χ4n) is 2.10. The largest absolute Gasteiger partial charge is 0.380 e. The summed E-state index contributed by atoms with van der Waals surface area (Å²) in [5, 5.41) is 3.37. The molecule has 2 aromatic heterocycles. The number of hydrogen-bond acceptors (Lipinski definition) is 3. The first-order chi connectivity index (χ1) is 10.2. The van der Waals surface area contributed by atoms with Crippen LogP contribution in [0.2, 0.25) is 0 Å². The van der Waals surface area contributed by atoms with Crippen LogP contribution in [0.25, 0.3) is 5.82 Å². The molecule has 0 atom stereocenters. The van der Waals surface area contributed by atoms with Crippen molar-refractivity contribution in [2.24, 2.45) is 0 Å². The van der Waals surface area contributed by atoms with Crippen molar-refractivity contribution in [3.8, 4) is 5.82 Å². The second-order valence-corrected chi connectivity index (χ2v) is 5.65. The molecule has 0 spiro atoms. The summed E-state index contributed by atoms with van der Waals surface area (Å²) < 4.78 is 3.05. The fourth-order valence-corrected chi connectivity index (χ4v) is 2.55. The highest BCUT2D eigenvalue weighted by molar-refractivity contribution is 9.10. The number of imidazole rings is 1. The molecular weight excluding hydrogens is 328 g/mol. The molecule has 0 amide bonds. The molecule has 0 fully saturated rings. The van der Waals surface area contributed by atoms with Gasteiger partial charge in [0.15, 0.2) is 0 Å². The van der Waals surface area contributed by atoms with Crippen LogP contribution in [0.5, 0.6) is 0 Å². The maximum atomic E-state index is 4.46. The van der Waals surface area contributed by atoms with Crippen molar-refractivity contribution in [1.82, 2.24) is 14.5 Å². The zero-order valence-corrected chi connectivity index (χ0v) is 13.2. The van der Waals surface area contributed by atoms with Gasteiger partial charge in [-0.05, 0) is 36.8 Å². The van der Waals surface area contributed by atoms with Crippen LogP contribution in [0.1, 0.15) is 11.4 Å². The van der Waals surface area contributed by atoms with Gasteiger partial charge in [0.05, 0.1) is 11.9 Å². The number of halogens is 1. The van der Waals surface area contributed by atoms with Crippen LogP contribution < -0.4 is 5.32 Å². The average molecular weight is 343 g/mol. The Labute approximate surface area is 132 Å². The number of anilines is 1. The van der Waals surface area contributed by atoms with Gasteiger partial charge in [0.25, 0.3) is 0 Å². The summed E-state index contributed by atoms with van der Waals surface area (Å²) in [4.78, 5) is 8.67. The second kappa shape index (κ2) is 6.10. The molecule has 0 bridgehead atoms. The van der Waals surface area contributed by atoms with Crippen molar-refractivity contribution in [3.63, 3.8) is 0 Å². The minimum atomic E-state index is 0.768. The molecule has 1 aromatic carbocycles. The van der Waals surface area contributed by atoms with Gasteiger partial charge >= 0.3 is 0 Å². The first-order valence-electron chi connectivity index (χ1n) is 6.67. The number of pyridine rings is 1. The van der Waals surface area contributed by atoms with E-state index in [1.165, 1.54) is 5.56 Å². The molecule has 0 aliphatic rings. The third kappa shape index (κ3) is 3.31. The fraction of sp³-hybridized carbons (Fsp3) is 0.125. The lowest BCUT2D eigenvalue weighted by molar-refractivity contribution is 0.932. The molecule has 0 aliphatic carbocycles. The molecule has 0 radical (unpaired) electrons. The van der Waals surface area contributed by atoms with Crippen molar-refractivity contribution in [2.75, 3.05) is 5.32 Å². The Hall–Kier alpha value is -2.14. The highest BCUT2D eigenvalue weighted by Crippen LogP contribution is 2.15. The molecule has 0 aliphatic heterocycles. The van der Waals surface area contributed by atoms with E-state index in [-0.39, 0.29) is 0 Å². The Morgan fingerprint density at radius 2 is 2.10 bits per heavy atom. The van der Waals surface area contributed by atoms with Crippen molar-refractivity contribution < 1.29 is 0 Å². The van der Waals surface area contributed by atoms with Gasteiger partial charge in [-0.2, -0.15) is 0 Å². The molecule has 2 heterocycles. The third-order valence-corrected chi connectivity index (χ3v) is 3.70. The van der Waals surface area contributed by atoms with Crippen LogP contribution in [0.15, 0.2) is 59.5 Å². The number of aryl methyl sites for hydroxylation is 1. The molecule has 106 valence electrons. The number of nitrogens with zero attached hydrogens (tertiary/aromatic N) is 3. The van der Waals surface area contributed by atoms with Crippen molar-refractivity contribution in [1.29, 1.82) is 0 Å². The zero-order chi connectivity index (χ0) is 14.7. The predicted octanol–water partition coefficient (Wildman–Crippen LogP) is 3.95. The van der Waals surface area contributed by atoms with Crippen LogP contribution in [-0.2, 0) is 6.54 Å². The monoisotopic (exact) mass is 342 g/mol. The summed E-state index contributed by atoms with van der Waals surface area (Å²) in [6.07, 6.45) is 5.52. The summed E-state index contributed by atoms with van der Waals surface area (Å²) in [6, 6.07) is 12.3. The van der Waals surface area contributed by atoms with Gasteiger partial charge in [-0.15, -0.1) is 0 Å². The normalized spacial score (nSPS) is 10.6. The van der Waals surface area contributed by atoms with E-state index in [4.69, 9.17) is 0 Å². The van der Waals surface area contributed by atoms with Gasteiger partial charge < -0.3 is 5.32 Å². The zero-order valence-electron chi connectivity index (χ0n) is 11.6. The van der Waals surface area contributed by atoms with E-state index < -0.39 is 0 Å². The molecule has 21 heavy (non-hydrogen) atoms. The Kier molecular flexibility index (Phi) is 4.01. The second-order valence-electron chi connectivity index (χ2n) is 4.73. The highest BCUT2D eigenvalue weighted by atomic mass is 79.9. The van der Waals surface area contributed by atoms with Gasteiger partial charge in [0.1, 0.15) is 11.6 Å². The van der Waals surface area contributed by atoms with Gasteiger partial charge in [-0.1, -0.05) is 28.1 Å². The standard InChI is InChI=1S/C16H15BrN4/c1-12-18-7-8-21(12)16-6-5-15(11-20-16)19-10-13-3-2-4-14(17)9-13/h2-9,11,19H,10H2,1H3. The minimum Gasteiger partial charge on any atom is -0.380 e. The third-order valence-electron chi connectivity index (χ3n) is 3.21. The molecule has 5 heteroatoms. The molecule has 0 unspecified atom stereocenters. The van der Waals surface area contributed by atoms with Crippen LogP contribution in [0.3, 0.4) is 0 Å². The lowest BCUT2D eigenvalue weighted by atomic mass is 10.2. The van der Waals surface area contributed by atoms with E-state index in [1.807, 2.05) is 48.1 Å². The Bertz CT molecular complexity index is 734. The van der Waals surface area contributed by atoms with Crippen molar-refractivity contribution in [3.05, 3.63) is 70.8 Å². The summed E-state index contributed by atoms with van der Waals surface area (Å²) >= 11 is 3.48. The molecule has 1 N–H and O–H groups in total. The highest BCUT2D eigenvalue weighted by Gasteiger charge is 2.02. The topological polar surface area (TPSA) is 42.7 Å². The summed E-state index contributed by atoms with van der Waals surface area (Å²) in [6.45, 7) is 2.73. The minimum absolute atomic E-state index is 0.768. The van der Waals surface area contributed by atoms with E-state index >= 15 is 0 Å². The maximum Gasteiger partial charge on any atom is 0.138 e. The molecular formula is C16H15BrN4. The van der Waals surface area contributed by atoms with E-state index in [2.05, 4.69) is 43.3 Å². The molecule has 0 saturated carbocycles. The van der Waals surface area contributed by atoms with E-state index in [9.17, 15) is 0 Å². The Balaban J connectivity index is 1.69. The Morgan fingerprint density at radius 1 is 1.19 bits per heavy atom. The number of benzene rings is 1. The lowest BCUT2D eigenvalue weighted by Crippen LogP contribution is -2.02. The SMILES string of the molecule is Cc1nccn1-c1ccc(NCc2cccc(Br)c2)cn1. The number of hydrogen-bond donors (Lipinski definition) is 1. The van der Waals surface area contributed by atoms with Gasteiger partial charge in [-0.25, -0.2) is 9.97 Å². The smallest absolute Gasteiger partial charge is 0.138 e. The molecule has 3 aromatic rings. The number of rotatable bonds is 4. The maximum absolute atomic E-state index is 4.46. The Morgan fingerprint density at radius 3 is 2.76 bits per heavy atom.